The monoisotopic (exact) mass is 383 g/mol. The van der Waals surface area contributed by atoms with Gasteiger partial charge in [0.05, 0.1) is 30.0 Å². The summed E-state index contributed by atoms with van der Waals surface area (Å²) in [4.78, 5) is 12.6. The lowest BCUT2D eigenvalue weighted by molar-refractivity contribution is 0.414. The number of aromatic nitrogens is 2. The van der Waals surface area contributed by atoms with Crippen LogP contribution in [0.15, 0.2) is 82.9 Å². The number of imidazole rings is 1. The minimum absolute atomic E-state index is 0.524. The molecule has 144 valence electrons. The van der Waals surface area contributed by atoms with Crippen molar-refractivity contribution >= 4 is 28.8 Å². The van der Waals surface area contributed by atoms with Crippen molar-refractivity contribution in [1.82, 2.24) is 15.4 Å². The number of aromatic amines is 1. The van der Waals surface area contributed by atoms with Crippen molar-refractivity contribution in [3.05, 3.63) is 89.7 Å². The van der Waals surface area contributed by atoms with E-state index in [1.807, 2.05) is 79.7 Å². The number of aryl methyl sites for hydroxylation is 1. The summed E-state index contributed by atoms with van der Waals surface area (Å²) in [5, 5.41) is 4.37. The van der Waals surface area contributed by atoms with Crippen LogP contribution >= 0.6 is 0 Å². The zero-order valence-corrected chi connectivity index (χ0v) is 16.3. The number of hydrazone groups is 1. The van der Waals surface area contributed by atoms with E-state index in [0.717, 1.165) is 28.0 Å². The van der Waals surface area contributed by atoms with Crippen molar-refractivity contribution in [1.29, 1.82) is 0 Å². The van der Waals surface area contributed by atoms with Gasteiger partial charge in [-0.1, -0.05) is 42.0 Å². The summed E-state index contributed by atoms with van der Waals surface area (Å²) in [5.74, 6) is 1.89. The van der Waals surface area contributed by atoms with Crippen LogP contribution in [0.5, 0.6) is 5.75 Å². The van der Waals surface area contributed by atoms with Crippen LogP contribution in [-0.4, -0.2) is 29.1 Å². The molecule has 0 aliphatic rings. The first-order chi connectivity index (χ1) is 14.2. The molecule has 0 aliphatic carbocycles. The Labute approximate surface area is 169 Å². The summed E-state index contributed by atoms with van der Waals surface area (Å²) in [6, 6.07) is 23.5. The molecule has 6 heteroatoms. The van der Waals surface area contributed by atoms with E-state index < -0.39 is 0 Å². The van der Waals surface area contributed by atoms with Gasteiger partial charge in [-0.05, 0) is 43.3 Å². The molecule has 29 heavy (non-hydrogen) atoms. The fourth-order valence-corrected chi connectivity index (χ4v) is 2.88. The second-order valence-electron chi connectivity index (χ2n) is 6.51. The van der Waals surface area contributed by atoms with Gasteiger partial charge in [0, 0.05) is 5.56 Å². The van der Waals surface area contributed by atoms with E-state index in [1.54, 1.807) is 13.3 Å². The van der Waals surface area contributed by atoms with E-state index >= 15 is 0 Å². The lowest BCUT2D eigenvalue weighted by Crippen LogP contribution is -2.20. The summed E-state index contributed by atoms with van der Waals surface area (Å²) in [7, 11) is 1.64. The fourth-order valence-electron chi connectivity index (χ4n) is 2.88. The standard InChI is InChI=1S/C23H21N5O/c1-16-11-13-18(14-12-16)25-23(22-26-19-8-4-5-9-20(19)27-22)28-24-15-17-7-3-6-10-21(17)29-2/h3-15H,1-2H3,(H,25,28)(H,26,27). The first kappa shape index (κ1) is 18.4. The van der Waals surface area contributed by atoms with Crippen LogP contribution in [0.3, 0.4) is 0 Å². The Balaban J connectivity index is 1.68. The summed E-state index contributed by atoms with van der Waals surface area (Å²) in [6.45, 7) is 2.05. The molecule has 0 bridgehead atoms. The van der Waals surface area contributed by atoms with Crippen LogP contribution in [0.4, 0.5) is 5.69 Å². The third-order valence-corrected chi connectivity index (χ3v) is 4.40. The normalized spacial score (nSPS) is 11.9. The molecule has 0 amide bonds. The molecule has 0 aliphatic heterocycles. The average molecular weight is 383 g/mol. The Morgan fingerprint density at radius 3 is 2.55 bits per heavy atom. The van der Waals surface area contributed by atoms with Crippen molar-refractivity contribution in [3.8, 4) is 5.75 Å². The Kier molecular flexibility index (Phi) is 5.33. The number of amidine groups is 1. The topological polar surface area (TPSA) is 74.7 Å². The van der Waals surface area contributed by atoms with Crippen LogP contribution < -0.4 is 10.2 Å². The lowest BCUT2D eigenvalue weighted by Gasteiger charge is -2.05. The van der Waals surface area contributed by atoms with Gasteiger partial charge in [-0.2, -0.15) is 5.10 Å². The van der Waals surface area contributed by atoms with Crippen LogP contribution in [0.25, 0.3) is 11.0 Å². The zero-order chi connectivity index (χ0) is 20.1. The lowest BCUT2D eigenvalue weighted by atomic mass is 10.2. The predicted molar refractivity (Wildman–Crippen MR) is 117 cm³/mol. The number of fused-ring (bicyclic) bond motifs is 1. The summed E-state index contributed by atoms with van der Waals surface area (Å²) in [6.07, 6.45) is 1.70. The molecule has 6 nitrogen and oxygen atoms in total. The second-order valence-corrected chi connectivity index (χ2v) is 6.51. The van der Waals surface area contributed by atoms with Gasteiger partial charge in [-0.15, -0.1) is 0 Å². The molecule has 2 N–H and O–H groups in total. The molecule has 0 radical (unpaired) electrons. The first-order valence-corrected chi connectivity index (χ1v) is 9.25. The predicted octanol–water partition coefficient (Wildman–Crippen LogP) is 4.58. The van der Waals surface area contributed by atoms with Crippen molar-refractivity contribution in [3.63, 3.8) is 0 Å². The molecule has 0 saturated heterocycles. The third kappa shape index (κ3) is 4.32. The highest BCUT2D eigenvalue weighted by atomic mass is 16.5. The Morgan fingerprint density at radius 2 is 1.76 bits per heavy atom. The number of methoxy groups -OCH3 is 1. The number of ether oxygens (including phenoxy) is 1. The minimum Gasteiger partial charge on any atom is -0.496 e. The Morgan fingerprint density at radius 1 is 1.00 bits per heavy atom. The van der Waals surface area contributed by atoms with Crippen molar-refractivity contribution in [2.75, 3.05) is 7.11 Å². The number of H-pyrrole nitrogens is 1. The van der Waals surface area contributed by atoms with Gasteiger partial charge in [0.2, 0.25) is 0 Å². The zero-order valence-electron chi connectivity index (χ0n) is 16.3. The van der Waals surface area contributed by atoms with Crippen LogP contribution in [0.1, 0.15) is 17.0 Å². The number of benzene rings is 3. The average Bonchev–Trinajstić information content (AvgIpc) is 3.19. The van der Waals surface area contributed by atoms with Crippen LogP contribution in [-0.2, 0) is 0 Å². The highest BCUT2D eigenvalue weighted by molar-refractivity contribution is 6.00. The number of nitrogens with one attached hydrogen (secondary N) is 2. The van der Waals surface area contributed by atoms with Crippen molar-refractivity contribution in [2.45, 2.75) is 6.92 Å². The molecule has 0 atom stereocenters. The number of hydrogen-bond acceptors (Lipinski definition) is 4. The molecule has 0 unspecified atom stereocenters. The van der Waals surface area contributed by atoms with E-state index in [-0.39, 0.29) is 0 Å². The van der Waals surface area contributed by atoms with Gasteiger partial charge in [0.1, 0.15) is 5.75 Å². The van der Waals surface area contributed by atoms with Crippen LogP contribution in [0.2, 0.25) is 0 Å². The molecular formula is C23H21N5O. The maximum absolute atomic E-state index is 5.37. The molecular weight excluding hydrogens is 362 g/mol. The molecule has 3 aromatic carbocycles. The highest BCUT2D eigenvalue weighted by Gasteiger charge is 2.09. The van der Waals surface area contributed by atoms with Gasteiger partial charge < -0.3 is 9.72 Å². The van der Waals surface area contributed by atoms with E-state index in [2.05, 4.69) is 20.5 Å². The van der Waals surface area contributed by atoms with E-state index in [9.17, 15) is 0 Å². The van der Waals surface area contributed by atoms with Crippen molar-refractivity contribution in [2.24, 2.45) is 10.1 Å². The third-order valence-electron chi connectivity index (χ3n) is 4.40. The molecule has 4 rings (SSSR count). The Hall–Kier alpha value is -3.93. The number of aliphatic imine (C=N–C) groups is 1. The van der Waals surface area contributed by atoms with Gasteiger partial charge >= 0.3 is 0 Å². The molecule has 0 saturated carbocycles. The molecule has 1 aromatic heterocycles. The quantitative estimate of drug-likeness (QED) is 0.301. The van der Waals surface area contributed by atoms with Crippen LogP contribution in [0, 0.1) is 6.92 Å². The molecule has 0 spiro atoms. The first-order valence-electron chi connectivity index (χ1n) is 9.25. The molecule has 4 aromatic rings. The second kappa shape index (κ2) is 8.39. The number of nitrogens with zero attached hydrogens (tertiary/aromatic N) is 3. The number of hydrogen-bond donors (Lipinski definition) is 2. The van der Waals surface area contributed by atoms with Gasteiger partial charge in [0.15, 0.2) is 11.7 Å². The maximum Gasteiger partial charge on any atom is 0.190 e. The summed E-state index contributed by atoms with van der Waals surface area (Å²) in [5.41, 5.74) is 7.69. The van der Waals surface area contributed by atoms with E-state index in [4.69, 9.17) is 9.73 Å². The SMILES string of the molecule is COc1ccccc1C=NNC(=Nc1ccc(C)cc1)c1nc2ccccc2[nH]1. The molecule has 1 heterocycles. The summed E-state index contributed by atoms with van der Waals surface area (Å²) < 4.78 is 5.37. The van der Waals surface area contributed by atoms with Gasteiger partial charge in [-0.25, -0.2) is 9.98 Å². The van der Waals surface area contributed by atoms with E-state index in [1.165, 1.54) is 5.56 Å². The minimum atomic E-state index is 0.524. The van der Waals surface area contributed by atoms with E-state index in [0.29, 0.717) is 11.7 Å². The smallest absolute Gasteiger partial charge is 0.190 e. The Bertz CT molecular complexity index is 1140. The number of para-hydroxylation sites is 3. The summed E-state index contributed by atoms with van der Waals surface area (Å²) >= 11 is 0. The van der Waals surface area contributed by atoms with Crippen molar-refractivity contribution < 1.29 is 4.74 Å². The highest BCUT2D eigenvalue weighted by Crippen LogP contribution is 2.17. The fraction of sp³-hybridized carbons (Fsp3) is 0.0870. The molecule has 0 fully saturated rings. The van der Waals surface area contributed by atoms with Gasteiger partial charge in [-0.3, -0.25) is 5.43 Å². The largest absolute Gasteiger partial charge is 0.496 e. The number of rotatable bonds is 5. The maximum atomic E-state index is 5.37. The van der Waals surface area contributed by atoms with Gasteiger partial charge in [0.25, 0.3) is 0 Å².